The van der Waals surface area contributed by atoms with Gasteiger partial charge in [0.2, 0.25) is 0 Å². The van der Waals surface area contributed by atoms with Crippen LogP contribution in [0.3, 0.4) is 0 Å². The number of aliphatic hydroxyl groups is 2. The molecule has 5 rings (SSSR count). The van der Waals surface area contributed by atoms with E-state index in [1.54, 1.807) is 24.3 Å². The number of likely N-dealkylation sites (tertiary alicyclic amines) is 1. The predicted molar refractivity (Wildman–Crippen MR) is 172 cm³/mol. The van der Waals surface area contributed by atoms with Gasteiger partial charge in [0.15, 0.2) is 0 Å². The summed E-state index contributed by atoms with van der Waals surface area (Å²) < 4.78 is 80.1. The maximum Gasteiger partial charge on any atom is 0.573 e. The van der Waals surface area contributed by atoms with Gasteiger partial charge in [-0.15, -0.1) is 26.3 Å². The summed E-state index contributed by atoms with van der Waals surface area (Å²) in [6.07, 6.45) is -8.99. The Morgan fingerprint density at radius 2 is 1.10 bits per heavy atom. The van der Waals surface area contributed by atoms with Gasteiger partial charge in [0.25, 0.3) is 17.7 Å². The fraction of sp³-hybridized carbons (Fsp3) is 0.364. The van der Waals surface area contributed by atoms with Gasteiger partial charge in [-0.1, -0.05) is 23.7 Å². The third-order valence-corrected chi connectivity index (χ3v) is 8.28. The molecule has 51 heavy (non-hydrogen) atoms. The number of ether oxygens (including phenoxy) is 2. The average molecular weight is 747 g/mol. The number of alkyl halides is 6. The third-order valence-electron chi connectivity index (χ3n) is 7.95. The molecule has 276 valence electrons. The molecule has 3 amide bonds. The van der Waals surface area contributed by atoms with Crippen LogP contribution in [0.25, 0.3) is 0 Å². The Morgan fingerprint density at radius 3 is 1.51 bits per heavy atom. The van der Waals surface area contributed by atoms with Crippen molar-refractivity contribution in [1.29, 1.82) is 0 Å². The smallest absolute Gasteiger partial charge is 0.406 e. The maximum absolute atomic E-state index is 12.6. The molecule has 11 nitrogen and oxygen atoms in total. The van der Waals surface area contributed by atoms with Crippen LogP contribution < -0.4 is 25.4 Å². The molecule has 0 unspecified atom stereocenters. The molecule has 0 saturated carbocycles. The minimum atomic E-state index is -4.81. The topological polar surface area (TPSA) is 149 Å². The van der Waals surface area contributed by atoms with E-state index in [9.17, 15) is 50.9 Å². The van der Waals surface area contributed by atoms with E-state index in [4.69, 9.17) is 11.6 Å². The summed E-state index contributed by atoms with van der Waals surface area (Å²) in [5.74, 6) is -2.35. The zero-order valence-electron chi connectivity index (χ0n) is 26.6. The normalized spacial score (nSPS) is 16.9. The number of nitrogens with one attached hydrogen (secondary N) is 3. The Kier molecular flexibility index (Phi) is 12.4. The van der Waals surface area contributed by atoms with Gasteiger partial charge in [-0.2, -0.15) is 0 Å². The standard InChI is InChI=1S/C20H18ClF3N2O4.C13H15F3N2O3/c21-16-4-2-1-3-15(16)17(27)26-11-9-19(29,10-12-26)18(28)25-13-5-7-14(8-6-13)30-20(22,23)24;14-13(15,16)21-10-3-1-9(2-4-10)18-11(19)12(20)5-7-17-8-6-12/h1-8,29H,9-12H2,(H,25,28);1-4,17,20H,5-8H2,(H,18,19). The van der Waals surface area contributed by atoms with E-state index in [2.05, 4.69) is 25.4 Å². The van der Waals surface area contributed by atoms with Gasteiger partial charge < -0.3 is 40.5 Å². The summed E-state index contributed by atoms with van der Waals surface area (Å²) in [7, 11) is 0. The van der Waals surface area contributed by atoms with Crippen molar-refractivity contribution in [3.63, 3.8) is 0 Å². The molecule has 3 aromatic carbocycles. The van der Waals surface area contributed by atoms with Crippen LogP contribution in [0.1, 0.15) is 36.0 Å². The zero-order valence-corrected chi connectivity index (χ0v) is 27.4. The van der Waals surface area contributed by atoms with Gasteiger partial charge in [-0.25, -0.2) is 0 Å². The molecule has 0 aliphatic carbocycles. The van der Waals surface area contributed by atoms with E-state index in [1.165, 1.54) is 29.2 Å². The second-order valence-electron chi connectivity index (χ2n) is 11.6. The molecule has 5 N–H and O–H groups in total. The summed E-state index contributed by atoms with van der Waals surface area (Å²) >= 11 is 6.05. The molecule has 2 saturated heterocycles. The van der Waals surface area contributed by atoms with Crippen molar-refractivity contribution in [2.75, 3.05) is 36.8 Å². The number of hydrogen-bond acceptors (Lipinski definition) is 8. The lowest BCUT2D eigenvalue weighted by molar-refractivity contribution is -0.275. The van der Waals surface area contributed by atoms with E-state index in [0.717, 1.165) is 24.3 Å². The lowest BCUT2D eigenvalue weighted by atomic mass is 9.90. The van der Waals surface area contributed by atoms with Gasteiger partial charge in [0.1, 0.15) is 22.7 Å². The van der Waals surface area contributed by atoms with Gasteiger partial charge >= 0.3 is 12.7 Å². The number of nitrogens with zero attached hydrogens (tertiary/aromatic N) is 1. The average Bonchev–Trinajstić information content (AvgIpc) is 3.06. The first kappa shape index (κ1) is 39.2. The second-order valence-corrected chi connectivity index (χ2v) is 12.0. The Labute approximate surface area is 292 Å². The number of halogens is 7. The summed E-state index contributed by atoms with van der Waals surface area (Å²) in [6.45, 7) is 1.35. The molecule has 3 aromatic rings. The second kappa shape index (κ2) is 16.2. The minimum Gasteiger partial charge on any atom is -0.406 e. The van der Waals surface area contributed by atoms with Crippen molar-refractivity contribution in [2.45, 2.75) is 49.6 Å². The first-order valence-electron chi connectivity index (χ1n) is 15.4. The third kappa shape index (κ3) is 11.5. The number of amides is 3. The van der Waals surface area contributed by atoms with Crippen molar-refractivity contribution in [3.8, 4) is 11.5 Å². The maximum atomic E-state index is 12.6. The Hall–Kier alpha value is -4.58. The van der Waals surface area contributed by atoms with Crippen LogP contribution in [0.15, 0.2) is 72.8 Å². The van der Waals surface area contributed by atoms with E-state index < -0.39 is 41.5 Å². The highest BCUT2D eigenvalue weighted by molar-refractivity contribution is 6.33. The van der Waals surface area contributed by atoms with Crippen LogP contribution in [0.4, 0.5) is 37.7 Å². The molecular weight excluding hydrogens is 714 g/mol. The molecule has 2 aliphatic rings. The van der Waals surface area contributed by atoms with Crippen LogP contribution in [0, 0.1) is 0 Å². The van der Waals surface area contributed by atoms with Gasteiger partial charge in [-0.3, -0.25) is 14.4 Å². The van der Waals surface area contributed by atoms with Crippen molar-refractivity contribution >= 4 is 40.7 Å². The molecule has 18 heteroatoms. The Balaban J connectivity index is 0.000000244. The zero-order chi connectivity index (χ0) is 37.5. The van der Waals surface area contributed by atoms with Crippen LogP contribution in [0.5, 0.6) is 11.5 Å². The summed E-state index contributed by atoms with van der Waals surface area (Å²) in [4.78, 5) is 38.6. The summed E-state index contributed by atoms with van der Waals surface area (Å²) in [5, 5.41) is 29.2. The fourth-order valence-corrected chi connectivity index (χ4v) is 5.37. The number of carbonyl (C=O) groups excluding carboxylic acids is 3. The van der Waals surface area contributed by atoms with Crippen LogP contribution in [0.2, 0.25) is 5.02 Å². The van der Waals surface area contributed by atoms with Gasteiger partial charge in [-0.05, 0) is 86.6 Å². The molecule has 0 aromatic heterocycles. The highest BCUT2D eigenvalue weighted by Crippen LogP contribution is 2.29. The fourth-order valence-electron chi connectivity index (χ4n) is 5.15. The lowest BCUT2D eigenvalue weighted by Gasteiger charge is -2.37. The van der Waals surface area contributed by atoms with Crippen molar-refractivity contribution in [2.24, 2.45) is 0 Å². The Bertz CT molecular complexity index is 1660. The predicted octanol–water partition coefficient (Wildman–Crippen LogP) is 5.48. The van der Waals surface area contributed by atoms with E-state index in [0.29, 0.717) is 29.4 Å². The molecule has 0 atom stereocenters. The number of piperidine rings is 2. The van der Waals surface area contributed by atoms with Crippen LogP contribution in [-0.4, -0.2) is 82.9 Å². The van der Waals surface area contributed by atoms with Gasteiger partial charge in [0, 0.05) is 37.3 Å². The summed E-state index contributed by atoms with van der Waals surface area (Å²) in [5.41, 5.74) is -2.32. The van der Waals surface area contributed by atoms with E-state index >= 15 is 0 Å². The number of benzene rings is 3. The molecule has 2 heterocycles. The molecule has 0 radical (unpaired) electrons. The van der Waals surface area contributed by atoms with Crippen LogP contribution >= 0.6 is 11.6 Å². The van der Waals surface area contributed by atoms with E-state index in [1.807, 2.05) is 0 Å². The number of rotatable bonds is 7. The lowest BCUT2D eigenvalue weighted by Crippen LogP contribution is -2.52. The van der Waals surface area contributed by atoms with E-state index in [-0.39, 0.29) is 56.1 Å². The highest BCUT2D eigenvalue weighted by Gasteiger charge is 2.41. The SMILES string of the molecule is O=C(Nc1ccc(OC(F)(F)F)cc1)C1(O)CCNCC1.O=C(c1ccccc1Cl)N1CCC(O)(C(=O)Nc2ccc(OC(F)(F)F)cc2)CC1. The quantitative estimate of drug-likeness (QED) is 0.200. The van der Waals surface area contributed by atoms with Gasteiger partial charge in [0.05, 0.1) is 10.6 Å². The number of anilines is 2. The Morgan fingerprint density at radius 1 is 0.686 bits per heavy atom. The molecule has 2 fully saturated rings. The largest absolute Gasteiger partial charge is 0.573 e. The van der Waals surface area contributed by atoms with Crippen LogP contribution in [-0.2, 0) is 9.59 Å². The monoisotopic (exact) mass is 746 g/mol. The summed E-state index contributed by atoms with van der Waals surface area (Å²) in [6, 6.07) is 15.9. The van der Waals surface area contributed by atoms with Crippen molar-refractivity contribution in [1.82, 2.24) is 10.2 Å². The highest BCUT2D eigenvalue weighted by atomic mass is 35.5. The van der Waals surface area contributed by atoms with Crippen molar-refractivity contribution < 1.29 is 60.4 Å². The first-order chi connectivity index (χ1) is 23.9. The number of hydrogen-bond donors (Lipinski definition) is 5. The first-order valence-corrected chi connectivity index (χ1v) is 15.8. The molecule has 2 aliphatic heterocycles. The number of carbonyl (C=O) groups is 3. The molecular formula is C33H33ClF6N4O7. The molecule has 0 spiro atoms. The molecule has 0 bridgehead atoms. The van der Waals surface area contributed by atoms with Crippen molar-refractivity contribution in [3.05, 3.63) is 83.4 Å². The minimum absolute atomic E-state index is 0.00426.